The second kappa shape index (κ2) is 6.65. The number of ketones is 2. The molecular weight excluding hydrogens is 380 g/mol. The Labute approximate surface area is 162 Å². The summed E-state index contributed by atoms with van der Waals surface area (Å²) in [6, 6.07) is 10.4. The van der Waals surface area contributed by atoms with Gasteiger partial charge in [-0.25, -0.2) is 8.42 Å². The number of hydrogen-bond acceptors (Lipinski definition) is 5. The van der Waals surface area contributed by atoms with E-state index < -0.39 is 22.0 Å². The number of carbonyl (C=O) groups is 3. The zero-order chi connectivity index (χ0) is 20.1. The van der Waals surface area contributed by atoms with Gasteiger partial charge in [-0.2, -0.15) is 4.31 Å². The van der Waals surface area contributed by atoms with Gasteiger partial charge in [0.25, 0.3) is 0 Å². The van der Waals surface area contributed by atoms with Gasteiger partial charge >= 0.3 is 0 Å². The van der Waals surface area contributed by atoms with Gasteiger partial charge in [-0.1, -0.05) is 36.4 Å². The lowest BCUT2D eigenvalue weighted by molar-refractivity contribution is -0.119. The van der Waals surface area contributed by atoms with Crippen LogP contribution >= 0.6 is 0 Å². The predicted octanol–water partition coefficient (Wildman–Crippen LogP) is 1.82. The van der Waals surface area contributed by atoms with E-state index in [-0.39, 0.29) is 34.9 Å². The van der Waals surface area contributed by atoms with Crippen LogP contribution in [0.4, 0.5) is 5.69 Å². The van der Waals surface area contributed by atoms with Crippen molar-refractivity contribution in [3.05, 3.63) is 64.7 Å². The Morgan fingerprint density at radius 1 is 1.00 bits per heavy atom. The average Bonchev–Trinajstić information content (AvgIpc) is 3.16. The maximum atomic E-state index is 13.0. The maximum absolute atomic E-state index is 13.0. The lowest BCUT2D eigenvalue weighted by Gasteiger charge is -2.23. The quantitative estimate of drug-likeness (QED) is 0.725. The number of nitrogens with one attached hydrogen (secondary N) is 1. The van der Waals surface area contributed by atoms with Gasteiger partial charge in [0, 0.05) is 23.2 Å². The molecule has 1 aliphatic carbocycles. The number of amides is 1. The Morgan fingerprint density at radius 3 is 2.32 bits per heavy atom. The van der Waals surface area contributed by atoms with Crippen LogP contribution in [-0.4, -0.2) is 49.0 Å². The van der Waals surface area contributed by atoms with Crippen molar-refractivity contribution in [3.8, 4) is 0 Å². The molecule has 1 amide bonds. The Balaban J connectivity index is 1.71. The number of carbonyl (C=O) groups excluding carboxylic acids is 3. The van der Waals surface area contributed by atoms with E-state index in [1.165, 1.54) is 4.31 Å². The Morgan fingerprint density at radius 2 is 1.64 bits per heavy atom. The van der Waals surface area contributed by atoms with E-state index in [1.807, 2.05) is 0 Å². The smallest absolute Gasteiger partial charge is 0.242 e. The van der Waals surface area contributed by atoms with Crippen molar-refractivity contribution in [1.82, 2.24) is 4.31 Å². The molecule has 2 aliphatic rings. The molecule has 0 spiro atoms. The summed E-state index contributed by atoms with van der Waals surface area (Å²) in [5, 5.41) is 2.68. The number of anilines is 1. The lowest BCUT2D eigenvalue weighted by Crippen LogP contribution is -2.42. The summed E-state index contributed by atoms with van der Waals surface area (Å²) >= 11 is 0. The van der Waals surface area contributed by atoms with E-state index in [0.717, 1.165) is 6.26 Å². The van der Waals surface area contributed by atoms with Gasteiger partial charge in [0.1, 0.15) is 6.04 Å². The van der Waals surface area contributed by atoms with E-state index in [9.17, 15) is 22.8 Å². The first-order chi connectivity index (χ1) is 13.3. The third kappa shape index (κ3) is 2.94. The third-order valence-corrected chi connectivity index (χ3v) is 6.43. The maximum Gasteiger partial charge on any atom is 0.242 e. The van der Waals surface area contributed by atoms with Crippen LogP contribution in [0.1, 0.15) is 44.7 Å². The van der Waals surface area contributed by atoms with Crippen LogP contribution in [0.25, 0.3) is 0 Å². The molecule has 1 atom stereocenters. The largest absolute Gasteiger partial charge is 0.324 e. The molecule has 2 aromatic rings. The van der Waals surface area contributed by atoms with E-state index in [4.69, 9.17) is 0 Å². The molecule has 1 N–H and O–H groups in total. The molecule has 0 radical (unpaired) electrons. The molecule has 1 aliphatic heterocycles. The molecule has 0 aromatic heterocycles. The van der Waals surface area contributed by atoms with E-state index >= 15 is 0 Å². The molecule has 1 heterocycles. The number of hydrogen-bond donors (Lipinski definition) is 1. The van der Waals surface area contributed by atoms with Gasteiger partial charge < -0.3 is 5.32 Å². The second-order valence-corrected chi connectivity index (χ2v) is 8.89. The molecular formula is C20H18N2O5S. The topological polar surface area (TPSA) is 101 Å². The minimum Gasteiger partial charge on any atom is -0.324 e. The van der Waals surface area contributed by atoms with Crippen molar-refractivity contribution in [2.24, 2.45) is 0 Å². The number of sulfonamides is 1. The van der Waals surface area contributed by atoms with Crippen molar-refractivity contribution in [3.63, 3.8) is 0 Å². The van der Waals surface area contributed by atoms with E-state index in [2.05, 4.69) is 5.32 Å². The van der Waals surface area contributed by atoms with Gasteiger partial charge in [0.2, 0.25) is 15.9 Å². The van der Waals surface area contributed by atoms with E-state index in [0.29, 0.717) is 24.0 Å². The number of benzene rings is 2. The summed E-state index contributed by atoms with van der Waals surface area (Å²) in [4.78, 5) is 38.5. The number of nitrogens with zero attached hydrogens (tertiary/aromatic N) is 1. The first-order valence-electron chi connectivity index (χ1n) is 8.88. The molecule has 1 saturated heterocycles. The first-order valence-corrected chi connectivity index (χ1v) is 10.7. The minimum absolute atomic E-state index is 0.142. The van der Waals surface area contributed by atoms with Crippen LogP contribution < -0.4 is 5.32 Å². The minimum atomic E-state index is -3.51. The van der Waals surface area contributed by atoms with Crippen molar-refractivity contribution in [2.45, 2.75) is 18.9 Å². The molecule has 2 aromatic carbocycles. The van der Waals surface area contributed by atoms with Crippen LogP contribution in [0, 0.1) is 0 Å². The SMILES string of the molecule is CS(=O)(=O)N1CCCC1C(=O)Nc1cccc2c1C(=O)c1ccccc1C2=O. The zero-order valence-corrected chi connectivity index (χ0v) is 16.0. The van der Waals surface area contributed by atoms with Crippen LogP contribution in [0.15, 0.2) is 42.5 Å². The highest BCUT2D eigenvalue weighted by Crippen LogP contribution is 2.32. The second-order valence-electron chi connectivity index (χ2n) is 6.95. The highest BCUT2D eigenvalue weighted by molar-refractivity contribution is 7.88. The molecule has 8 heteroatoms. The van der Waals surface area contributed by atoms with Crippen LogP contribution in [0.2, 0.25) is 0 Å². The highest BCUT2D eigenvalue weighted by Gasteiger charge is 2.37. The van der Waals surface area contributed by atoms with Gasteiger partial charge in [-0.3, -0.25) is 14.4 Å². The summed E-state index contributed by atoms with van der Waals surface area (Å²) in [6.07, 6.45) is 2.06. The fourth-order valence-corrected chi connectivity index (χ4v) is 4.99. The third-order valence-electron chi connectivity index (χ3n) is 5.14. The van der Waals surface area contributed by atoms with Crippen molar-refractivity contribution in [1.29, 1.82) is 0 Å². The average molecular weight is 398 g/mol. The standard InChI is InChI=1S/C20H18N2O5S/c1-28(26,27)22-11-5-10-16(22)20(25)21-15-9-4-8-14-17(15)19(24)13-7-3-2-6-12(13)18(14)23/h2-4,6-9,16H,5,10-11H2,1H3,(H,21,25). The number of fused-ring (bicyclic) bond motifs is 2. The Kier molecular flexibility index (Phi) is 4.40. The molecule has 1 fully saturated rings. The zero-order valence-electron chi connectivity index (χ0n) is 15.1. The summed E-state index contributed by atoms with van der Waals surface area (Å²) < 4.78 is 25.0. The normalized spacial score (nSPS) is 19.2. The van der Waals surface area contributed by atoms with Crippen LogP contribution in [0.5, 0.6) is 0 Å². The molecule has 144 valence electrons. The van der Waals surface area contributed by atoms with Crippen LogP contribution in [-0.2, 0) is 14.8 Å². The number of rotatable bonds is 3. The van der Waals surface area contributed by atoms with Crippen molar-refractivity contribution in [2.75, 3.05) is 18.1 Å². The summed E-state index contributed by atoms with van der Waals surface area (Å²) in [6.45, 7) is 0.286. The monoisotopic (exact) mass is 398 g/mol. The fraction of sp³-hybridized carbons (Fsp3) is 0.250. The van der Waals surface area contributed by atoms with Crippen molar-refractivity contribution >= 4 is 33.2 Å². The molecule has 4 rings (SSSR count). The molecule has 28 heavy (non-hydrogen) atoms. The van der Waals surface area contributed by atoms with Crippen LogP contribution in [0.3, 0.4) is 0 Å². The van der Waals surface area contributed by atoms with E-state index in [1.54, 1.807) is 42.5 Å². The Bertz CT molecular complexity index is 1120. The highest BCUT2D eigenvalue weighted by atomic mass is 32.2. The lowest BCUT2D eigenvalue weighted by atomic mass is 9.83. The van der Waals surface area contributed by atoms with Crippen molar-refractivity contribution < 1.29 is 22.8 Å². The first kappa shape index (κ1) is 18.5. The predicted molar refractivity (Wildman–Crippen MR) is 103 cm³/mol. The summed E-state index contributed by atoms with van der Waals surface area (Å²) in [5.41, 5.74) is 1.22. The summed E-state index contributed by atoms with van der Waals surface area (Å²) in [5.74, 6) is -1.12. The molecule has 0 saturated carbocycles. The summed E-state index contributed by atoms with van der Waals surface area (Å²) in [7, 11) is -3.51. The van der Waals surface area contributed by atoms with Gasteiger partial charge in [0.05, 0.1) is 17.5 Å². The molecule has 7 nitrogen and oxygen atoms in total. The molecule has 1 unspecified atom stereocenters. The van der Waals surface area contributed by atoms with Gasteiger partial charge in [-0.15, -0.1) is 0 Å². The fourth-order valence-electron chi connectivity index (χ4n) is 3.86. The Hall–Kier alpha value is -2.84. The van der Waals surface area contributed by atoms with Gasteiger partial charge in [0.15, 0.2) is 11.6 Å². The molecule has 0 bridgehead atoms. The van der Waals surface area contributed by atoms with Gasteiger partial charge in [-0.05, 0) is 18.9 Å².